The molecule has 2 aromatic carbocycles. The van der Waals surface area contributed by atoms with Crippen LogP contribution in [0, 0.1) is 47.9 Å². The van der Waals surface area contributed by atoms with Gasteiger partial charge in [-0.3, -0.25) is 18.3 Å². The molecule has 4 heterocycles. The van der Waals surface area contributed by atoms with Crippen LogP contribution in [0.2, 0.25) is 0 Å². The minimum atomic E-state index is -0.886. The van der Waals surface area contributed by atoms with Crippen LogP contribution in [-0.4, -0.2) is 18.3 Å². The molecule has 6 heteroatoms. The number of hydrogen-bond acceptors (Lipinski definition) is 0. The molecule has 4 aromatic heterocycles. The Kier molecular flexibility index (Phi) is 6.54. The Labute approximate surface area is 264 Å². The maximum Gasteiger partial charge on any atom is 0.136 e. The highest BCUT2D eigenvalue weighted by Gasteiger charge is 2.35. The Hall–Kier alpha value is -6.60. The van der Waals surface area contributed by atoms with Gasteiger partial charge < -0.3 is 0 Å². The lowest BCUT2D eigenvalue weighted by molar-refractivity contribution is 0.591. The van der Waals surface area contributed by atoms with E-state index in [-0.39, 0.29) is 11.1 Å². The van der Waals surface area contributed by atoms with Crippen LogP contribution in [-0.2, 0) is 0 Å². The summed E-state index contributed by atoms with van der Waals surface area (Å²) in [4.78, 5) is 0. The van der Waals surface area contributed by atoms with Crippen molar-refractivity contribution in [3.63, 3.8) is 0 Å². The summed E-state index contributed by atoms with van der Waals surface area (Å²) in [5, 5.41) is 1.56. The van der Waals surface area contributed by atoms with Crippen molar-refractivity contribution in [3.8, 4) is 47.9 Å². The molecule has 0 aliphatic heterocycles. The molecule has 2 atom stereocenters. The molecule has 0 bridgehead atoms. The van der Waals surface area contributed by atoms with Crippen LogP contribution in [0.4, 0.5) is 8.78 Å². The molecule has 0 saturated carbocycles. The summed E-state index contributed by atoms with van der Waals surface area (Å²) in [5.41, 5.74) is 3.14. The summed E-state index contributed by atoms with van der Waals surface area (Å²) < 4.78 is 39.9. The van der Waals surface area contributed by atoms with Gasteiger partial charge in [-0.15, -0.1) is 0 Å². The maximum atomic E-state index is 16.6. The lowest BCUT2D eigenvalue weighted by Crippen LogP contribution is -2.14. The minimum absolute atomic E-state index is 0.252. The first kappa shape index (κ1) is 27.0. The summed E-state index contributed by atoms with van der Waals surface area (Å²) in [6.07, 6.45) is 14.5. The summed E-state index contributed by atoms with van der Waals surface area (Å²) in [6.45, 7) is 0. The van der Waals surface area contributed by atoms with E-state index in [2.05, 4.69) is 47.9 Å². The highest BCUT2D eigenvalue weighted by atomic mass is 19.1. The van der Waals surface area contributed by atoms with Gasteiger partial charge in [0.25, 0.3) is 0 Å². The largest absolute Gasteiger partial charge is 0.284 e. The molecule has 0 saturated heterocycles. The minimum Gasteiger partial charge on any atom is -0.284 e. The number of hydrogen-bond donors (Lipinski definition) is 0. The van der Waals surface area contributed by atoms with E-state index in [1.54, 1.807) is 43.1 Å². The van der Waals surface area contributed by atoms with Gasteiger partial charge in [-0.25, -0.2) is 8.78 Å². The zero-order valence-electron chi connectivity index (χ0n) is 24.2. The molecular formula is C40H22F2N4. The van der Waals surface area contributed by atoms with Crippen LogP contribution in [0.1, 0.15) is 34.1 Å². The van der Waals surface area contributed by atoms with Gasteiger partial charge in [0, 0.05) is 84.9 Å². The van der Waals surface area contributed by atoms with Crippen molar-refractivity contribution in [3.05, 3.63) is 156 Å². The molecule has 4 nitrogen and oxygen atoms in total. The molecule has 0 radical (unpaired) electrons. The summed E-state index contributed by atoms with van der Waals surface area (Å²) in [5.74, 6) is 9.84. The Bertz CT molecular complexity index is 2270. The van der Waals surface area contributed by atoms with Crippen LogP contribution in [0.5, 0.6) is 0 Å². The molecular weight excluding hydrogens is 574 g/mol. The second-order valence-corrected chi connectivity index (χ2v) is 10.8. The predicted molar refractivity (Wildman–Crippen MR) is 176 cm³/mol. The third-order valence-corrected chi connectivity index (χ3v) is 8.08. The smallest absolute Gasteiger partial charge is 0.136 e. The molecule has 0 N–H and O–H groups in total. The van der Waals surface area contributed by atoms with E-state index in [0.29, 0.717) is 22.3 Å². The summed E-state index contributed by atoms with van der Waals surface area (Å²) in [6, 6.07) is 34.4. The van der Waals surface area contributed by atoms with Crippen molar-refractivity contribution in [1.82, 2.24) is 18.3 Å². The molecule has 2 aliphatic rings. The first-order chi connectivity index (χ1) is 22.7. The van der Waals surface area contributed by atoms with Crippen LogP contribution < -0.4 is 0 Å². The van der Waals surface area contributed by atoms with Crippen LogP contribution in [0.25, 0.3) is 21.9 Å². The highest BCUT2D eigenvalue weighted by molar-refractivity contribution is 6.11. The molecule has 216 valence electrons. The normalized spacial score (nSPS) is 16.0. The zero-order chi connectivity index (χ0) is 31.0. The molecule has 8 rings (SSSR count). The van der Waals surface area contributed by atoms with Crippen molar-refractivity contribution in [2.45, 2.75) is 11.8 Å². The fraction of sp³-hybridized carbons (Fsp3) is 0.0500. The number of aromatic nitrogens is 4. The standard InChI is InChI=1S/C40H22F2N4/c41-39-33(13-25-43-17-1-2-18-43)29-9-10-31-35(15-27-45-21-5-6-22-45)40(42)36(16-28-46-23-7-8-24-46)32-12-11-30(37(29)38(31)32)34(39)14-26-44-19-3-4-20-44/h1-12,17-24,33,35H. The summed E-state index contributed by atoms with van der Waals surface area (Å²) >= 11 is 0. The second-order valence-electron chi connectivity index (χ2n) is 10.8. The van der Waals surface area contributed by atoms with Crippen molar-refractivity contribution in [2.24, 2.45) is 0 Å². The SMILES string of the molecule is FC1=C(C#Cn2cccc2)c2ccc3c4c(ccc(c24)C1C#Cn1cccc1)C(C#Cn1cccc1)C(F)=C3C#Cn1cccc1. The van der Waals surface area contributed by atoms with Gasteiger partial charge in [0.05, 0.1) is 11.1 Å². The second kappa shape index (κ2) is 11.2. The Morgan fingerprint density at radius 1 is 0.435 bits per heavy atom. The van der Waals surface area contributed by atoms with Gasteiger partial charge in [-0.1, -0.05) is 36.1 Å². The zero-order valence-corrected chi connectivity index (χ0v) is 24.2. The van der Waals surface area contributed by atoms with E-state index >= 15 is 8.78 Å². The van der Waals surface area contributed by atoms with Crippen molar-refractivity contribution in [2.75, 3.05) is 0 Å². The Morgan fingerprint density at radius 3 is 1.11 bits per heavy atom. The third kappa shape index (κ3) is 4.63. The average Bonchev–Trinajstić information content (AvgIpc) is 3.91. The highest BCUT2D eigenvalue weighted by Crippen LogP contribution is 2.50. The molecule has 0 spiro atoms. The fourth-order valence-corrected chi connectivity index (χ4v) is 5.96. The number of benzene rings is 2. The summed E-state index contributed by atoms with van der Waals surface area (Å²) in [7, 11) is 0. The maximum absolute atomic E-state index is 16.6. The number of rotatable bonds is 0. The predicted octanol–water partition coefficient (Wildman–Crippen LogP) is 7.64. The van der Waals surface area contributed by atoms with Crippen LogP contribution >= 0.6 is 0 Å². The van der Waals surface area contributed by atoms with Crippen LogP contribution in [0.3, 0.4) is 0 Å². The van der Waals surface area contributed by atoms with Crippen molar-refractivity contribution < 1.29 is 8.78 Å². The van der Waals surface area contributed by atoms with Gasteiger partial charge in [0.2, 0.25) is 0 Å². The quantitative estimate of drug-likeness (QED) is 0.161. The van der Waals surface area contributed by atoms with E-state index in [1.165, 1.54) is 0 Å². The first-order valence-electron chi connectivity index (χ1n) is 14.6. The Morgan fingerprint density at radius 2 is 0.761 bits per heavy atom. The first-order valence-corrected chi connectivity index (χ1v) is 14.6. The van der Waals surface area contributed by atoms with Gasteiger partial charge in [-0.2, -0.15) is 0 Å². The monoisotopic (exact) mass is 596 g/mol. The molecule has 2 aliphatic carbocycles. The molecule has 6 aromatic rings. The van der Waals surface area contributed by atoms with Gasteiger partial charge in [0.15, 0.2) is 0 Å². The van der Waals surface area contributed by atoms with Crippen molar-refractivity contribution >= 4 is 21.9 Å². The lowest BCUT2D eigenvalue weighted by atomic mass is 9.74. The lowest BCUT2D eigenvalue weighted by Gasteiger charge is -2.28. The topological polar surface area (TPSA) is 19.7 Å². The van der Waals surface area contributed by atoms with Crippen LogP contribution in [0.15, 0.2) is 134 Å². The average molecular weight is 597 g/mol. The molecule has 2 unspecified atom stereocenters. The van der Waals surface area contributed by atoms with E-state index < -0.39 is 23.5 Å². The fourth-order valence-electron chi connectivity index (χ4n) is 5.96. The Balaban J connectivity index is 1.40. The number of allylic oxidation sites excluding steroid dienone is 4. The van der Waals surface area contributed by atoms with E-state index in [4.69, 9.17) is 0 Å². The molecule has 0 amide bonds. The third-order valence-electron chi connectivity index (χ3n) is 8.08. The van der Waals surface area contributed by atoms with Gasteiger partial charge >= 0.3 is 0 Å². The van der Waals surface area contributed by atoms with Gasteiger partial charge in [0.1, 0.15) is 23.5 Å². The van der Waals surface area contributed by atoms with E-state index in [0.717, 1.165) is 10.8 Å². The number of halogens is 2. The number of nitrogens with zero attached hydrogens (tertiary/aromatic N) is 4. The molecule has 46 heavy (non-hydrogen) atoms. The molecule has 0 fully saturated rings. The van der Waals surface area contributed by atoms with Crippen molar-refractivity contribution in [1.29, 1.82) is 0 Å². The van der Waals surface area contributed by atoms with E-state index in [9.17, 15) is 0 Å². The van der Waals surface area contributed by atoms with E-state index in [1.807, 2.05) is 97.6 Å². The van der Waals surface area contributed by atoms with Gasteiger partial charge in [-0.05, 0) is 82.3 Å².